The number of nitro groups is 1. The van der Waals surface area contributed by atoms with Crippen LogP contribution in [-0.2, 0) is 16.6 Å². The van der Waals surface area contributed by atoms with Crippen LogP contribution in [-0.4, -0.2) is 97.2 Å². The summed E-state index contributed by atoms with van der Waals surface area (Å²) >= 11 is 1.50. The average Bonchev–Trinajstić information content (AvgIpc) is 3.88. The third-order valence-corrected chi connectivity index (χ3v) is 18.9. The van der Waals surface area contributed by atoms with E-state index in [1.165, 1.54) is 40.2 Å². The summed E-state index contributed by atoms with van der Waals surface area (Å²) in [7, 11) is -2.88. The van der Waals surface area contributed by atoms with Crippen LogP contribution in [0.3, 0.4) is 0 Å². The van der Waals surface area contributed by atoms with Crippen molar-refractivity contribution < 1.29 is 32.7 Å². The number of carbonyl (C=O) groups is 1. The third kappa shape index (κ3) is 11.5. The van der Waals surface area contributed by atoms with E-state index in [1.807, 2.05) is 42.6 Å². The Morgan fingerprint density at radius 2 is 1.69 bits per heavy atom. The molecule has 75 heavy (non-hydrogen) atoms. The summed E-state index contributed by atoms with van der Waals surface area (Å²) in [5.74, 6) is 1.09. The second-order valence-electron chi connectivity index (χ2n) is 21.7. The smallest absolute Gasteiger partial charge is 0.293 e. The summed E-state index contributed by atoms with van der Waals surface area (Å²) in [5, 5.41) is 28.9. The number of ether oxygens (including phenoxy) is 2. The molecule has 4 heterocycles. The van der Waals surface area contributed by atoms with Crippen molar-refractivity contribution in [1.29, 1.82) is 0 Å². The number of benzene rings is 4. The van der Waals surface area contributed by atoms with E-state index in [1.54, 1.807) is 25.4 Å². The number of aliphatic hydroxyl groups is 1. The van der Waals surface area contributed by atoms with E-state index in [4.69, 9.17) is 9.47 Å². The monoisotopic (exact) mass is 1060 g/mol. The number of nitro benzene ring substituents is 1. The number of nitrogens with one attached hydrogen (secondary N) is 2. The molecule has 2 saturated heterocycles. The molecule has 4 fully saturated rings. The molecular weight excluding hydrogens is 987 g/mol. The maximum atomic E-state index is 14.1. The fourth-order valence-corrected chi connectivity index (χ4v) is 13.8. The second-order valence-corrected chi connectivity index (χ2v) is 24.3. The van der Waals surface area contributed by atoms with Gasteiger partial charge in [0.1, 0.15) is 27.8 Å². The number of amides is 1. The molecule has 396 valence electrons. The molecule has 1 unspecified atom stereocenters. The van der Waals surface area contributed by atoms with Gasteiger partial charge in [-0.1, -0.05) is 57.2 Å². The first-order valence-corrected chi connectivity index (χ1v) is 28.9. The number of thiophene rings is 1. The molecule has 2 aliphatic carbocycles. The Hall–Kier alpha value is -6.11. The summed E-state index contributed by atoms with van der Waals surface area (Å²) in [6.07, 6.45) is 9.47. The molecule has 4 aromatic carbocycles. The fourth-order valence-electron chi connectivity index (χ4n) is 12.1. The standard InChI is InChI=1S/C58H69N7O8S2/c1-5-58(67)21-18-40(19-22-58)35-59-51-17-15-47(32-52(51)65(68)69)75(70,71)61-55(66)50-16-12-43(31-54(50)73-46-30-42-20-29-74-56(42)60-36-46)63-25-23-57(24-26-63)33-44(34-57)64-28-27-62(37-41-10-13-45(72-4)14-11-41)38-53(64)49-9-7-6-8-48(49)39(2)3/h6-17,20,29-32,36,39-40,44,53,59,67H,5,18-19,21-28,33-35,37-38H2,1-4H3,(H,61,66)/t40-,53?,58-. The molecule has 2 aliphatic heterocycles. The zero-order valence-corrected chi connectivity index (χ0v) is 45.0. The van der Waals surface area contributed by atoms with Gasteiger partial charge in [0.05, 0.1) is 34.3 Å². The van der Waals surface area contributed by atoms with Crippen LogP contribution in [0.1, 0.15) is 118 Å². The Bertz CT molecular complexity index is 3120. The molecule has 2 aromatic heterocycles. The molecule has 17 heteroatoms. The largest absolute Gasteiger partial charge is 0.497 e. The van der Waals surface area contributed by atoms with Gasteiger partial charge in [0, 0.05) is 81.1 Å². The summed E-state index contributed by atoms with van der Waals surface area (Å²) in [5.41, 5.74) is 4.30. The molecule has 1 spiro atoms. The van der Waals surface area contributed by atoms with Gasteiger partial charge in [-0.2, -0.15) is 0 Å². The summed E-state index contributed by atoms with van der Waals surface area (Å²) in [4.78, 5) is 38.5. The van der Waals surface area contributed by atoms with Crippen molar-refractivity contribution in [3.8, 4) is 17.2 Å². The highest BCUT2D eigenvalue weighted by atomic mass is 32.2. The molecular formula is C58H69N7O8S2. The molecule has 10 rings (SSSR count). The summed E-state index contributed by atoms with van der Waals surface area (Å²) in [6.45, 7) is 12.5. The van der Waals surface area contributed by atoms with Crippen LogP contribution >= 0.6 is 11.3 Å². The molecule has 0 radical (unpaired) electrons. The van der Waals surface area contributed by atoms with Crippen LogP contribution in [0.2, 0.25) is 0 Å². The number of hydrogen-bond donors (Lipinski definition) is 3. The van der Waals surface area contributed by atoms with E-state index in [-0.39, 0.29) is 28.3 Å². The van der Waals surface area contributed by atoms with Crippen molar-refractivity contribution in [3.63, 3.8) is 0 Å². The minimum absolute atomic E-state index is 0.0176. The lowest BCUT2D eigenvalue weighted by molar-refractivity contribution is -0.384. The van der Waals surface area contributed by atoms with Crippen LogP contribution in [0.4, 0.5) is 17.1 Å². The molecule has 6 aromatic rings. The van der Waals surface area contributed by atoms with Gasteiger partial charge >= 0.3 is 0 Å². The Balaban J connectivity index is 0.827. The van der Waals surface area contributed by atoms with Gasteiger partial charge in [0.15, 0.2) is 0 Å². The van der Waals surface area contributed by atoms with E-state index < -0.39 is 37.0 Å². The lowest BCUT2D eigenvalue weighted by atomic mass is 9.59. The molecule has 2 saturated carbocycles. The highest BCUT2D eigenvalue weighted by Gasteiger charge is 2.50. The predicted octanol–water partition coefficient (Wildman–Crippen LogP) is 11.3. The SMILES string of the molecule is CC[C@]1(O)CC[C@H](CNc2ccc(S(=O)(=O)NC(=O)c3ccc(N4CCC5(CC4)CC(N4CCN(Cc6ccc(OC)cc6)CC4c4ccccc4C(C)C)C5)cc3Oc3cnc4sccc4c3)cc2[N+](=O)[O-])CC1. The molecule has 0 bridgehead atoms. The Morgan fingerprint density at radius 3 is 2.41 bits per heavy atom. The molecule has 15 nitrogen and oxygen atoms in total. The zero-order valence-electron chi connectivity index (χ0n) is 43.4. The number of piperidine rings is 1. The Labute approximate surface area is 444 Å². The highest BCUT2D eigenvalue weighted by Crippen LogP contribution is 2.53. The number of sulfonamides is 1. The van der Waals surface area contributed by atoms with E-state index in [0.29, 0.717) is 49.6 Å². The number of fused-ring (bicyclic) bond motifs is 1. The lowest BCUT2D eigenvalue weighted by Gasteiger charge is -2.58. The predicted molar refractivity (Wildman–Crippen MR) is 295 cm³/mol. The highest BCUT2D eigenvalue weighted by molar-refractivity contribution is 7.90. The normalized spacial score (nSPS) is 21.5. The number of carbonyl (C=O) groups excluding carboxylic acids is 1. The number of pyridine rings is 1. The van der Waals surface area contributed by atoms with Gasteiger partial charge < -0.3 is 24.8 Å². The quantitative estimate of drug-likeness (QED) is 0.0581. The van der Waals surface area contributed by atoms with Crippen molar-refractivity contribution >= 4 is 54.5 Å². The van der Waals surface area contributed by atoms with Gasteiger partial charge in [0.2, 0.25) is 0 Å². The number of piperazine rings is 1. The van der Waals surface area contributed by atoms with Crippen LogP contribution in [0, 0.1) is 21.4 Å². The van der Waals surface area contributed by atoms with Gasteiger partial charge in [0.25, 0.3) is 21.6 Å². The fraction of sp³-hybridized carbons (Fsp3) is 0.448. The number of hydrogen-bond acceptors (Lipinski definition) is 14. The minimum atomic E-state index is -4.59. The zero-order chi connectivity index (χ0) is 52.5. The van der Waals surface area contributed by atoms with Crippen molar-refractivity contribution in [3.05, 3.63) is 141 Å². The number of rotatable bonds is 17. The molecule has 1 amide bonds. The maximum Gasteiger partial charge on any atom is 0.293 e. The van der Waals surface area contributed by atoms with E-state index in [9.17, 15) is 28.4 Å². The van der Waals surface area contributed by atoms with E-state index >= 15 is 0 Å². The topological polar surface area (TPSA) is 180 Å². The average molecular weight is 1060 g/mol. The van der Waals surface area contributed by atoms with Crippen molar-refractivity contribution in [1.82, 2.24) is 19.5 Å². The Morgan fingerprint density at radius 1 is 0.933 bits per heavy atom. The van der Waals surface area contributed by atoms with E-state index in [2.05, 4.69) is 80.0 Å². The van der Waals surface area contributed by atoms with Crippen molar-refractivity contribution in [2.45, 2.75) is 114 Å². The van der Waals surface area contributed by atoms with Crippen LogP contribution in [0.25, 0.3) is 10.2 Å². The van der Waals surface area contributed by atoms with Gasteiger partial charge in [-0.05, 0) is 146 Å². The van der Waals surface area contributed by atoms with Crippen LogP contribution in [0.5, 0.6) is 17.2 Å². The minimum Gasteiger partial charge on any atom is -0.497 e. The number of methoxy groups -OCH3 is 1. The first-order chi connectivity index (χ1) is 36.1. The number of aromatic nitrogens is 1. The Kier molecular flexibility index (Phi) is 15.3. The second kappa shape index (κ2) is 21.9. The first-order valence-electron chi connectivity index (χ1n) is 26.5. The van der Waals surface area contributed by atoms with Gasteiger partial charge in [-0.25, -0.2) is 18.1 Å². The van der Waals surface area contributed by atoms with Gasteiger partial charge in [-0.15, -0.1) is 11.3 Å². The van der Waals surface area contributed by atoms with Gasteiger partial charge in [-0.3, -0.25) is 24.7 Å². The lowest BCUT2D eigenvalue weighted by Crippen LogP contribution is -2.60. The number of nitrogens with zero attached hydrogens (tertiary/aromatic N) is 5. The maximum absolute atomic E-state index is 14.1. The van der Waals surface area contributed by atoms with Crippen LogP contribution in [0.15, 0.2) is 114 Å². The van der Waals surface area contributed by atoms with E-state index in [0.717, 1.165) is 106 Å². The molecule has 4 aliphatic rings. The van der Waals surface area contributed by atoms with Crippen LogP contribution < -0.4 is 24.4 Å². The molecule has 1 atom stereocenters. The summed E-state index contributed by atoms with van der Waals surface area (Å²) < 4.78 is 41.8. The molecule has 3 N–H and O–H groups in total. The third-order valence-electron chi connectivity index (χ3n) is 16.7. The number of anilines is 2. The first kappa shape index (κ1) is 52.3. The summed E-state index contributed by atoms with van der Waals surface area (Å²) in [6, 6.07) is 30.8. The van der Waals surface area contributed by atoms with Crippen molar-refractivity contribution in [2.75, 3.05) is 56.6 Å². The van der Waals surface area contributed by atoms with Crippen molar-refractivity contribution in [2.24, 2.45) is 11.3 Å².